The predicted molar refractivity (Wildman–Crippen MR) is 87.1 cm³/mol. The number of aromatic nitrogens is 2. The van der Waals surface area contributed by atoms with E-state index in [4.69, 9.17) is 0 Å². The molecule has 0 aliphatic carbocycles. The second-order valence-electron chi connectivity index (χ2n) is 5.81. The summed E-state index contributed by atoms with van der Waals surface area (Å²) in [5.41, 5.74) is 1.84. The molecule has 0 saturated carbocycles. The van der Waals surface area contributed by atoms with Gasteiger partial charge in [-0.25, -0.2) is 9.78 Å². The smallest absolute Gasteiger partial charge is 0.326 e. The molecular weight excluding hydrogens is 310 g/mol. The lowest BCUT2D eigenvalue weighted by atomic mass is 10.2. The van der Waals surface area contributed by atoms with Crippen LogP contribution in [0.3, 0.4) is 0 Å². The van der Waals surface area contributed by atoms with Gasteiger partial charge in [0.15, 0.2) is 0 Å². The highest BCUT2D eigenvalue weighted by Crippen LogP contribution is 2.16. The van der Waals surface area contributed by atoms with Crippen molar-refractivity contribution in [3.63, 3.8) is 0 Å². The number of hydrogen-bond donors (Lipinski definition) is 2. The molecule has 3 rings (SSSR count). The molecule has 1 aliphatic rings. The van der Waals surface area contributed by atoms with E-state index in [1.165, 1.54) is 19.0 Å². The summed E-state index contributed by atoms with van der Waals surface area (Å²) in [7, 11) is 2.94. The summed E-state index contributed by atoms with van der Waals surface area (Å²) in [6.45, 7) is 0.410. The zero-order valence-electron chi connectivity index (χ0n) is 13.6. The Morgan fingerprint density at radius 2 is 2.04 bits per heavy atom. The molecule has 1 aromatic heterocycles. The Balaban J connectivity index is 1.51. The number of carbonyl (C=O) groups is 3. The first-order valence-corrected chi connectivity index (χ1v) is 7.72. The molecule has 1 aromatic carbocycles. The van der Waals surface area contributed by atoms with Gasteiger partial charge in [0.05, 0.1) is 17.5 Å². The number of nitrogens with one attached hydrogen (secondary N) is 2. The Hall–Kier alpha value is -2.90. The fraction of sp³-hybridized carbons (Fsp3) is 0.375. The number of imide groups is 1. The van der Waals surface area contributed by atoms with E-state index in [0.717, 1.165) is 21.8 Å². The summed E-state index contributed by atoms with van der Waals surface area (Å²) in [5.74, 6) is 0.176. The highest BCUT2D eigenvalue weighted by molar-refractivity contribution is 6.05. The van der Waals surface area contributed by atoms with Crippen LogP contribution in [0.1, 0.15) is 12.2 Å². The minimum absolute atomic E-state index is 0.0362. The van der Waals surface area contributed by atoms with Crippen molar-refractivity contribution in [2.45, 2.75) is 18.9 Å². The summed E-state index contributed by atoms with van der Waals surface area (Å²) < 4.78 is 0. The largest absolute Gasteiger partial charge is 0.356 e. The van der Waals surface area contributed by atoms with Gasteiger partial charge in [-0.3, -0.25) is 14.5 Å². The van der Waals surface area contributed by atoms with E-state index in [-0.39, 0.29) is 24.3 Å². The standard InChI is InChI=1S/C16H19N5O3/c1-20-12(15(23)21(2)16(20)24)9-14(22)17-8-7-13-18-10-5-3-4-6-11(10)19-13/h3-6,12H,7-9H2,1-2H3,(H,17,22)(H,18,19)/t12-/m0/s1. The lowest BCUT2D eigenvalue weighted by Crippen LogP contribution is -2.38. The second-order valence-corrected chi connectivity index (χ2v) is 5.81. The van der Waals surface area contributed by atoms with Gasteiger partial charge >= 0.3 is 6.03 Å². The van der Waals surface area contributed by atoms with Crippen LogP contribution in [0.15, 0.2) is 24.3 Å². The van der Waals surface area contributed by atoms with E-state index >= 15 is 0 Å². The molecule has 1 fully saturated rings. The number of carbonyl (C=O) groups excluding carboxylic acids is 3. The van der Waals surface area contributed by atoms with Gasteiger partial charge < -0.3 is 15.2 Å². The van der Waals surface area contributed by atoms with E-state index < -0.39 is 6.04 Å². The number of urea groups is 1. The molecule has 8 heteroatoms. The quantitative estimate of drug-likeness (QED) is 0.781. The number of amides is 4. The Morgan fingerprint density at radius 3 is 2.71 bits per heavy atom. The Morgan fingerprint density at radius 1 is 1.29 bits per heavy atom. The fourth-order valence-electron chi connectivity index (χ4n) is 2.77. The van der Waals surface area contributed by atoms with Crippen LogP contribution in [0.25, 0.3) is 11.0 Å². The van der Waals surface area contributed by atoms with Gasteiger partial charge in [0.2, 0.25) is 5.91 Å². The average Bonchev–Trinajstić information content (AvgIpc) is 3.06. The van der Waals surface area contributed by atoms with E-state index in [1.807, 2.05) is 24.3 Å². The molecule has 2 N–H and O–H groups in total. The predicted octanol–water partition coefficient (Wildman–Crippen LogP) is 0.504. The number of imidazole rings is 1. The van der Waals surface area contributed by atoms with Crippen molar-refractivity contribution in [3.05, 3.63) is 30.1 Å². The normalized spacial score (nSPS) is 17.8. The maximum Gasteiger partial charge on any atom is 0.326 e. The summed E-state index contributed by atoms with van der Waals surface area (Å²) >= 11 is 0. The number of aromatic amines is 1. The highest BCUT2D eigenvalue weighted by atomic mass is 16.2. The van der Waals surface area contributed by atoms with Crippen molar-refractivity contribution in [1.82, 2.24) is 25.1 Å². The maximum absolute atomic E-state index is 12.0. The van der Waals surface area contributed by atoms with E-state index in [1.54, 1.807) is 0 Å². The maximum atomic E-state index is 12.0. The zero-order valence-corrected chi connectivity index (χ0v) is 13.6. The Kier molecular flexibility index (Phi) is 4.20. The van der Waals surface area contributed by atoms with Crippen LogP contribution >= 0.6 is 0 Å². The monoisotopic (exact) mass is 329 g/mol. The summed E-state index contributed by atoms with van der Waals surface area (Å²) in [6, 6.07) is 6.60. The van der Waals surface area contributed by atoms with Gasteiger partial charge in [-0.05, 0) is 12.1 Å². The van der Waals surface area contributed by atoms with Gasteiger partial charge in [0.25, 0.3) is 5.91 Å². The molecule has 8 nitrogen and oxygen atoms in total. The molecular formula is C16H19N5O3. The molecule has 1 saturated heterocycles. The van der Waals surface area contributed by atoms with Crippen LogP contribution in [-0.4, -0.2) is 64.3 Å². The van der Waals surface area contributed by atoms with Crippen molar-refractivity contribution in [2.24, 2.45) is 0 Å². The summed E-state index contributed by atoms with van der Waals surface area (Å²) in [4.78, 5) is 45.6. The van der Waals surface area contributed by atoms with E-state index in [9.17, 15) is 14.4 Å². The Bertz CT molecular complexity index is 767. The molecule has 2 heterocycles. The molecule has 4 amide bonds. The topological polar surface area (TPSA) is 98.4 Å². The third-order valence-electron chi connectivity index (χ3n) is 4.17. The molecule has 0 unspecified atom stereocenters. The number of fused-ring (bicyclic) bond motifs is 1. The van der Waals surface area contributed by atoms with Crippen LogP contribution in [0.2, 0.25) is 0 Å². The minimum Gasteiger partial charge on any atom is -0.356 e. The van der Waals surface area contributed by atoms with Gasteiger partial charge in [-0.2, -0.15) is 0 Å². The first kappa shape index (κ1) is 16.0. The van der Waals surface area contributed by atoms with Crippen molar-refractivity contribution in [2.75, 3.05) is 20.6 Å². The molecule has 0 bridgehead atoms. The van der Waals surface area contributed by atoms with Crippen molar-refractivity contribution in [3.8, 4) is 0 Å². The molecule has 0 radical (unpaired) electrons. The molecule has 24 heavy (non-hydrogen) atoms. The van der Waals surface area contributed by atoms with Gasteiger partial charge in [-0.1, -0.05) is 12.1 Å². The van der Waals surface area contributed by atoms with Crippen LogP contribution in [0, 0.1) is 0 Å². The van der Waals surface area contributed by atoms with E-state index in [0.29, 0.717) is 13.0 Å². The minimum atomic E-state index is -0.728. The van der Waals surface area contributed by atoms with E-state index in [2.05, 4.69) is 15.3 Å². The van der Waals surface area contributed by atoms with Crippen LogP contribution in [-0.2, 0) is 16.0 Å². The fourth-order valence-corrected chi connectivity index (χ4v) is 2.77. The van der Waals surface area contributed by atoms with Crippen molar-refractivity contribution in [1.29, 1.82) is 0 Å². The first-order valence-electron chi connectivity index (χ1n) is 7.72. The average molecular weight is 329 g/mol. The first-order chi connectivity index (χ1) is 11.5. The van der Waals surface area contributed by atoms with Crippen LogP contribution in [0.4, 0.5) is 4.79 Å². The highest BCUT2D eigenvalue weighted by Gasteiger charge is 2.41. The SMILES string of the molecule is CN1C(=O)[C@H](CC(=O)NCCc2nc3ccccc3[nH]2)N(C)C1=O. The number of benzene rings is 1. The number of hydrogen-bond acceptors (Lipinski definition) is 4. The van der Waals surface area contributed by atoms with Crippen LogP contribution in [0.5, 0.6) is 0 Å². The summed E-state index contributed by atoms with van der Waals surface area (Å²) in [6.07, 6.45) is 0.527. The van der Waals surface area contributed by atoms with Crippen LogP contribution < -0.4 is 5.32 Å². The number of likely N-dealkylation sites (N-methyl/N-ethyl adjacent to an activating group) is 2. The summed E-state index contributed by atoms with van der Waals surface area (Å²) in [5, 5.41) is 2.77. The molecule has 126 valence electrons. The Labute approximate surface area is 138 Å². The van der Waals surface area contributed by atoms with Gasteiger partial charge in [-0.15, -0.1) is 0 Å². The lowest BCUT2D eigenvalue weighted by Gasteiger charge is -2.15. The van der Waals surface area contributed by atoms with Gasteiger partial charge in [0, 0.05) is 27.1 Å². The van der Waals surface area contributed by atoms with Crippen molar-refractivity contribution >= 4 is 28.9 Å². The van der Waals surface area contributed by atoms with Crippen molar-refractivity contribution < 1.29 is 14.4 Å². The number of rotatable bonds is 5. The number of para-hydroxylation sites is 2. The third kappa shape index (κ3) is 2.94. The second kappa shape index (κ2) is 6.31. The number of nitrogens with zero attached hydrogens (tertiary/aromatic N) is 3. The third-order valence-corrected chi connectivity index (χ3v) is 4.17. The molecule has 1 atom stereocenters. The number of H-pyrrole nitrogens is 1. The van der Waals surface area contributed by atoms with Gasteiger partial charge in [0.1, 0.15) is 11.9 Å². The lowest BCUT2D eigenvalue weighted by molar-refractivity contribution is -0.131. The molecule has 2 aromatic rings. The zero-order chi connectivity index (χ0) is 17.3. The molecule has 0 spiro atoms. The molecule has 1 aliphatic heterocycles.